The molecular formula is C17H36N2. The highest BCUT2D eigenvalue weighted by Crippen LogP contribution is 2.25. The summed E-state index contributed by atoms with van der Waals surface area (Å²) in [6.45, 7) is 9.56. The minimum Gasteiger partial charge on any atom is -0.316 e. The van der Waals surface area contributed by atoms with Crippen molar-refractivity contribution in [2.45, 2.75) is 65.2 Å². The van der Waals surface area contributed by atoms with E-state index >= 15 is 0 Å². The zero-order valence-corrected chi connectivity index (χ0v) is 13.6. The van der Waals surface area contributed by atoms with Crippen LogP contribution in [0.2, 0.25) is 0 Å². The molecule has 0 aromatic carbocycles. The highest BCUT2D eigenvalue weighted by Gasteiger charge is 2.16. The van der Waals surface area contributed by atoms with E-state index in [1.54, 1.807) is 0 Å². The Morgan fingerprint density at radius 3 is 2.42 bits per heavy atom. The number of nitrogens with zero attached hydrogens (tertiary/aromatic N) is 1. The fourth-order valence-electron chi connectivity index (χ4n) is 3.10. The molecule has 114 valence electrons. The molecule has 0 saturated heterocycles. The first-order chi connectivity index (χ1) is 9.18. The molecular weight excluding hydrogens is 232 g/mol. The first kappa shape index (κ1) is 17.0. The summed E-state index contributed by atoms with van der Waals surface area (Å²) >= 11 is 0. The van der Waals surface area contributed by atoms with Crippen LogP contribution in [0.1, 0.15) is 65.2 Å². The number of nitrogens with one attached hydrogen (secondary N) is 1. The maximum absolute atomic E-state index is 3.52. The molecule has 0 aliphatic heterocycles. The summed E-state index contributed by atoms with van der Waals surface area (Å²) in [7, 11) is 2.31. The predicted molar refractivity (Wildman–Crippen MR) is 85.6 cm³/mol. The average molecular weight is 268 g/mol. The van der Waals surface area contributed by atoms with E-state index in [-0.39, 0.29) is 0 Å². The van der Waals surface area contributed by atoms with Crippen molar-refractivity contribution in [3.05, 3.63) is 0 Å². The van der Waals surface area contributed by atoms with Gasteiger partial charge in [-0.1, -0.05) is 39.5 Å². The average Bonchev–Trinajstić information content (AvgIpc) is 2.85. The molecule has 1 aliphatic carbocycles. The van der Waals surface area contributed by atoms with Crippen molar-refractivity contribution in [3.8, 4) is 0 Å². The highest BCUT2D eigenvalue weighted by molar-refractivity contribution is 4.70. The van der Waals surface area contributed by atoms with Crippen LogP contribution < -0.4 is 5.32 Å². The minimum atomic E-state index is 0.782. The molecule has 2 heteroatoms. The molecule has 0 heterocycles. The van der Waals surface area contributed by atoms with Crippen LogP contribution in [-0.2, 0) is 0 Å². The summed E-state index contributed by atoms with van der Waals surface area (Å²) in [5.74, 6) is 1.79. The molecule has 0 aromatic rings. The Hall–Kier alpha value is -0.0800. The quantitative estimate of drug-likeness (QED) is 0.571. The molecule has 1 N–H and O–H groups in total. The van der Waals surface area contributed by atoms with Gasteiger partial charge in [-0.25, -0.2) is 0 Å². The van der Waals surface area contributed by atoms with Gasteiger partial charge in [-0.3, -0.25) is 0 Å². The SMILES string of the molecule is CC(C)CNCCCCCCN(C)CC1CCCC1. The number of rotatable bonds is 11. The van der Waals surface area contributed by atoms with Crippen LogP contribution in [0.15, 0.2) is 0 Å². The lowest BCUT2D eigenvalue weighted by Gasteiger charge is -2.20. The first-order valence-electron chi connectivity index (χ1n) is 8.57. The molecule has 1 fully saturated rings. The maximum Gasteiger partial charge on any atom is 0.000661 e. The lowest BCUT2D eigenvalue weighted by atomic mass is 10.1. The Morgan fingerprint density at radius 2 is 1.74 bits per heavy atom. The topological polar surface area (TPSA) is 15.3 Å². The molecule has 2 nitrogen and oxygen atoms in total. The zero-order valence-electron chi connectivity index (χ0n) is 13.6. The Balaban J connectivity index is 1.82. The second-order valence-electron chi connectivity index (χ2n) is 6.92. The monoisotopic (exact) mass is 268 g/mol. The lowest BCUT2D eigenvalue weighted by Crippen LogP contribution is -2.25. The van der Waals surface area contributed by atoms with E-state index in [2.05, 4.69) is 31.1 Å². The Labute approximate surface area is 121 Å². The summed E-state index contributed by atoms with van der Waals surface area (Å²) in [6, 6.07) is 0. The fraction of sp³-hybridized carbons (Fsp3) is 1.00. The fourth-order valence-corrected chi connectivity index (χ4v) is 3.10. The van der Waals surface area contributed by atoms with Crippen molar-refractivity contribution in [1.29, 1.82) is 0 Å². The van der Waals surface area contributed by atoms with Crippen LogP contribution in [0.3, 0.4) is 0 Å². The van der Waals surface area contributed by atoms with Crippen molar-refractivity contribution in [2.24, 2.45) is 11.8 Å². The van der Waals surface area contributed by atoms with Crippen LogP contribution in [-0.4, -0.2) is 38.1 Å². The molecule has 1 aliphatic rings. The third kappa shape index (κ3) is 9.45. The van der Waals surface area contributed by atoms with Crippen molar-refractivity contribution in [3.63, 3.8) is 0 Å². The highest BCUT2D eigenvalue weighted by atomic mass is 15.1. The van der Waals surface area contributed by atoms with Crippen LogP contribution in [0.25, 0.3) is 0 Å². The number of unbranched alkanes of at least 4 members (excludes halogenated alkanes) is 3. The van der Waals surface area contributed by atoms with E-state index in [0.29, 0.717) is 0 Å². The summed E-state index contributed by atoms with van der Waals surface area (Å²) < 4.78 is 0. The standard InChI is InChI=1S/C17H36N2/c1-16(2)14-18-12-8-4-5-9-13-19(3)15-17-10-6-7-11-17/h16-18H,4-15H2,1-3H3. The maximum atomic E-state index is 3.52. The van der Waals surface area contributed by atoms with E-state index in [1.807, 2.05) is 0 Å². The molecule has 0 atom stereocenters. The molecule has 0 radical (unpaired) electrons. The Kier molecular flexibility index (Phi) is 9.54. The van der Waals surface area contributed by atoms with Crippen LogP contribution in [0, 0.1) is 11.8 Å². The molecule has 0 bridgehead atoms. The smallest absolute Gasteiger partial charge is 0.000661 e. The van der Waals surface area contributed by atoms with Gasteiger partial charge in [-0.05, 0) is 64.2 Å². The molecule has 0 spiro atoms. The van der Waals surface area contributed by atoms with Crippen molar-refractivity contribution in [2.75, 3.05) is 33.2 Å². The van der Waals surface area contributed by atoms with Gasteiger partial charge in [0.25, 0.3) is 0 Å². The van der Waals surface area contributed by atoms with Gasteiger partial charge in [0.05, 0.1) is 0 Å². The molecule has 1 rings (SSSR count). The zero-order chi connectivity index (χ0) is 13.9. The van der Waals surface area contributed by atoms with E-state index in [1.165, 1.54) is 77.5 Å². The summed E-state index contributed by atoms with van der Waals surface area (Å²) in [5.41, 5.74) is 0. The lowest BCUT2D eigenvalue weighted by molar-refractivity contribution is 0.272. The van der Waals surface area contributed by atoms with Gasteiger partial charge in [0.2, 0.25) is 0 Å². The van der Waals surface area contributed by atoms with Gasteiger partial charge in [0, 0.05) is 6.54 Å². The number of hydrogen-bond acceptors (Lipinski definition) is 2. The molecule has 0 amide bonds. The second kappa shape index (κ2) is 10.7. The summed E-state index contributed by atoms with van der Waals surface area (Å²) in [5, 5.41) is 3.52. The minimum absolute atomic E-state index is 0.782. The van der Waals surface area contributed by atoms with E-state index in [9.17, 15) is 0 Å². The largest absolute Gasteiger partial charge is 0.316 e. The van der Waals surface area contributed by atoms with Crippen LogP contribution >= 0.6 is 0 Å². The van der Waals surface area contributed by atoms with Crippen molar-refractivity contribution in [1.82, 2.24) is 10.2 Å². The van der Waals surface area contributed by atoms with Crippen molar-refractivity contribution >= 4 is 0 Å². The normalized spacial score (nSPS) is 16.9. The Morgan fingerprint density at radius 1 is 1.05 bits per heavy atom. The Bertz CT molecular complexity index is 197. The molecule has 0 aromatic heterocycles. The van der Waals surface area contributed by atoms with Gasteiger partial charge >= 0.3 is 0 Å². The third-order valence-electron chi connectivity index (χ3n) is 4.24. The summed E-state index contributed by atoms with van der Waals surface area (Å²) in [6.07, 6.45) is 11.4. The van der Waals surface area contributed by atoms with Gasteiger partial charge in [-0.2, -0.15) is 0 Å². The number of hydrogen-bond donors (Lipinski definition) is 1. The third-order valence-corrected chi connectivity index (χ3v) is 4.24. The van der Waals surface area contributed by atoms with Gasteiger partial charge in [0.15, 0.2) is 0 Å². The van der Waals surface area contributed by atoms with Gasteiger partial charge < -0.3 is 10.2 Å². The van der Waals surface area contributed by atoms with Gasteiger partial charge in [-0.15, -0.1) is 0 Å². The van der Waals surface area contributed by atoms with E-state index in [0.717, 1.165) is 11.8 Å². The first-order valence-corrected chi connectivity index (χ1v) is 8.57. The molecule has 0 unspecified atom stereocenters. The van der Waals surface area contributed by atoms with E-state index in [4.69, 9.17) is 0 Å². The molecule has 1 saturated carbocycles. The second-order valence-corrected chi connectivity index (χ2v) is 6.92. The van der Waals surface area contributed by atoms with Crippen LogP contribution in [0.4, 0.5) is 0 Å². The summed E-state index contributed by atoms with van der Waals surface area (Å²) in [4.78, 5) is 2.56. The predicted octanol–water partition coefficient (Wildman–Crippen LogP) is 3.91. The molecule has 19 heavy (non-hydrogen) atoms. The van der Waals surface area contributed by atoms with Crippen molar-refractivity contribution < 1.29 is 0 Å². The van der Waals surface area contributed by atoms with Gasteiger partial charge in [0.1, 0.15) is 0 Å². The van der Waals surface area contributed by atoms with Crippen LogP contribution in [0.5, 0.6) is 0 Å². The van der Waals surface area contributed by atoms with E-state index < -0.39 is 0 Å².